The van der Waals surface area contributed by atoms with Crippen LogP contribution in [0.25, 0.3) is 0 Å². The van der Waals surface area contributed by atoms with E-state index in [9.17, 15) is 8.42 Å². The van der Waals surface area contributed by atoms with Crippen molar-refractivity contribution in [1.29, 1.82) is 0 Å². The summed E-state index contributed by atoms with van der Waals surface area (Å²) in [6.07, 6.45) is 0.437. The lowest BCUT2D eigenvalue weighted by molar-refractivity contribution is 0.310. The molecule has 2 rings (SSSR count). The lowest BCUT2D eigenvalue weighted by Crippen LogP contribution is -2.44. The van der Waals surface area contributed by atoms with Gasteiger partial charge in [0, 0.05) is 6.54 Å². The van der Waals surface area contributed by atoms with Crippen molar-refractivity contribution >= 4 is 27.3 Å². The average molecular weight is 303 g/mol. The fraction of sp³-hybridized carbons (Fsp3) is 0.417. The van der Waals surface area contributed by atoms with Crippen LogP contribution in [0.1, 0.15) is 12.0 Å². The summed E-state index contributed by atoms with van der Waals surface area (Å²) in [6, 6.07) is 6.66. The highest BCUT2D eigenvalue weighted by atomic mass is 35.5. The number of sulfonamides is 1. The molecule has 7 heteroatoms. The molecule has 1 saturated heterocycles. The van der Waals surface area contributed by atoms with Crippen molar-refractivity contribution in [2.75, 3.05) is 13.1 Å². The summed E-state index contributed by atoms with van der Waals surface area (Å²) in [5.74, 6) is 0. The highest BCUT2D eigenvalue weighted by Crippen LogP contribution is 2.22. The lowest BCUT2D eigenvalue weighted by Gasteiger charge is -2.29. The van der Waals surface area contributed by atoms with Crippen LogP contribution in [0.15, 0.2) is 34.3 Å². The maximum atomic E-state index is 12.4. The van der Waals surface area contributed by atoms with E-state index in [-0.39, 0.29) is 17.2 Å². The maximum absolute atomic E-state index is 12.4. The van der Waals surface area contributed by atoms with Gasteiger partial charge in [0.1, 0.15) is 0 Å². The van der Waals surface area contributed by atoms with Crippen LogP contribution in [-0.4, -0.2) is 42.1 Å². The third-order valence-corrected chi connectivity index (χ3v) is 5.45. The van der Waals surface area contributed by atoms with E-state index >= 15 is 0 Å². The SMILES string of the molecule is Cc1ccc(S(=O)(=O)N2CCC(Cl)/C(=N/O)C2)cc1. The molecule has 0 bridgehead atoms. The fourth-order valence-electron chi connectivity index (χ4n) is 1.94. The Hall–Kier alpha value is -1.11. The van der Waals surface area contributed by atoms with E-state index < -0.39 is 15.4 Å². The molecule has 0 spiro atoms. The second kappa shape index (κ2) is 5.48. The number of hydrogen-bond acceptors (Lipinski definition) is 4. The fourth-order valence-corrected chi connectivity index (χ4v) is 3.58. The quantitative estimate of drug-likeness (QED) is 0.515. The molecule has 0 aromatic heterocycles. The van der Waals surface area contributed by atoms with Crippen molar-refractivity contribution in [1.82, 2.24) is 4.31 Å². The van der Waals surface area contributed by atoms with Crippen LogP contribution in [-0.2, 0) is 10.0 Å². The molecule has 1 aromatic carbocycles. The highest BCUT2D eigenvalue weighted by Gasteiger charge is 2.32. The van der Waals surface area contributed by atoms with Crippen LogP contribution >= 0.6 is 11.6 Å². The van der Waals surface area contributed by atoms with E-state index in [1.165, 1.54) is 4.31 Å². The molecule has 1 N–H and O–H groups in total. The van der Waals surface area contributed by atoms with Crippen molar-refractivity contribution in [2.24, 2.45) is 5.16 Å². The van der Waals surface area contributed by atoms with Gasteiger partial charge >= 0.3 is 0 Å². The molecule has 0 saturated carbocycles. The van der Waals surface area contributed by atoms with Gasteiger partial charge in [-0.2, -0.15) is 4.31 Å². The Morgan fingerprint density at radius 3 is 2.58 bits per heavy atom. The molecule has 1 aliphatic heterocycles. The summed E-state index contributed by atoms with van der Waals surface area (Å²) >= 11 is 5.95. The van der Waals surface area contributed by atoms with Gasteiger partial charge < -0.3 is 5.21 Å². The molecular weight excluding hydrogens is 288 g/mol. The Labute approximate surface area is 117 Å². The Balaban J connectivity index is 2.28. The number of nitrogens with zero attached hydrogens (tertiary/aromatic N) is 2. The molecule has 1 fully saturated rings. The number of oxime groups is 1. The first-order valence-electron chi connectivity index (χ1n) is 5.87. The zero-order valence-corrected chi connectivity index (χ0v) is 12.0. The topological polar surface area (TPSA) is 70.0 Å². The second-order valence-corrected chi connectivity index (χ2v) is 6.96. The molecule has 1 atom stereocenters. The maximum Gasteiger partial charge on any atom is 0.243 e. The number of hydrogen-bond donors (Lipinski definition) is 1. The number of halogens is 1. The van der Waals surface area contributed by atoms with Crippen LogP contribution in [0, 0.1) is 6.92 Å². The predicted octanol–water partition coefficient (Wildman–Crippen LogP) is 1.83. The van der Waals surface area contributed by atoms with Gasteiger partial charge in [-0.15, -0.1) is 11.6 Å². The Morgan fingerprint density at radius 1 is 1.37 bits per heavy atom. The standard InChI is InChI=1S/C12H15ClN2O3S/c1-9-2-4-10(5-3-9)19(17,18)15-7-6-11(13)12(8-15)14-16/h2-5,11,16H,6-8H2,1H3/b14-12+. The number of aryl methyl sites for hydroxylation is 1. The van der Waals surface area contributed by atoms with E-state index in [0.717, 1.165) is 5.56 Å². The van der Waals surface area contributed by atoms with Crippen LogP contribution in [0.3, 0.4) is 0 Å². The molecule has 5 nitrogen and oxygen atoms in total. The van der Waals surface area contributed by atoms with Gasteiger partial charge in [-0.05, 0) is 25.5 Å². The first kappa shape index (κ1) is 14.3. The third kappa shape index (κ3) is 2.91. The molecular formula is C12H15ClN2O3S. The number of benzene rings is 1. The summed E-state index contributed by atoms with van der Waals surface area (Å²) in [5, 5.41) is 11.5. The molecule has 1 heterocycles. The van der Waals surface area contributed by atoms with Crippen molar-refractivity contribution in [3.05, 3.63) is 29.8 Å². The minimum atomic E-state index is -3.56. The van der Waals surface area contributed by atoms with Gasteiger partial charge in [0.15, 0.2) is 0 Å². The zero-order valence-electron chi connectivity index (χ0n) is 10.5. The zero-order chi connectivity index (χ0) is 14.0. The third-order valence-electron chi connectivity index (χ3n) is 3.12. The van der Waals surface area contributed by atoms with Crippen LogP contribution in [0.4, 0.5) is 0 Å². The van der Waals surface area contributed by atoms with Gasteiger partial charge in [0.25, 0.3) is 0 Å². The van der Waals surface area contributed by atoms with Crippen LogP contribution in [0.2, 0.25) is 0 Å². The Kier molecular flexibility index (Phi) is 4.13. The van der Waals surface area contributed by atoms with Crippen molar-refractivity contribution in [3.63, 3.8) is 0 Å². The van der Waals surface area contributed by atoms with Gasteiger partial charge in [-0.1, -0.05) is 22.9 Å². The van der Waals surface area contributed by atoms with E-state index in [2.05, 4.69) is 5.16 Å². The molecule has 1 aromatic rings. The van der Waals surface area contributed by atoms with Gasteiger partial charge in [-0.25, -0.2) is 8.42 Å². The van der Waals surface area contributed by atoms with E-state index in [1.807, 2.05) is 6.92 Å². The monoisotopic (exact) mass is 302 g/mol. The molecule has 104 valence electrons. The number of piperidine rings is 1. The molecule has 0 radical (unpaired) electrons. The minimum Gasteiger partial charge on any atom is -0.411 e. The van der Waals surface area contributed by atoms with Crippen LogP contribution < -0.4 is 0 Å². The number of alkyl halides is 1. The second-order valence-electron chi connectivity index (χ2n) is 4.50. The molecule has 1 aliphatic rings. The van der Waals surface area contributed by atoms with E-state index in [4.69, 9.17) is 16.8 Å². The van der Waals surface area contributed by atoms with Crippen molar-refractivity contribution in [2.45, 2.75) is 23.6 Å². The van der Waals surface area contributed by atoms with Gasteiger partial charge in [-0.3, -0.25) is 0 Å². The van der Waals surface area contributed by atoms with E-state index in [0.29, 0.717) is 13.0 Å². The van der Waals surface area contributed by atoms with Gasteiger partial charge in [0.05, 0.1) is 22.5 Å². The molecule has 0 aliphatic carbocycles. The summed E-state index contributed by atoms with van der Waals surface area (Å²) < 4.78 is 26.1. The Morgan fingerprint density at radius 2 is 2.00 bits per heavy atom. The summed E-state index contributed by atoms with van der Waals surface area (Å²) in [5.41, 5.74) is 1.28. The lowest BCUT2D eigenvalue weighted by atomic mass is 10.1. The molecule has 19 heavy (non-hydrogen) atoms. The molecule has 1 unspecified atom stereocenters. The minimum absolute atomic E-state index is 0.0286. The largest absolute Gasteiger partial charge is 0.411 e. The normalized spacial score (nSPS) is 23.7. The first-order valence-corrected chi connectivity index (χ1v) is 7.74. The highest BCUT2D eigenvalue weighted by molar-refractivity contribution is 7.89. The first-order chi connectivity index (χ1) is 8.95. The molecule has 0 amide bonds. The van der Waals surface area contributed by atoms with Crippen molar-refractivity contribution in [3.8, 4) is 0 Å². The Bertz CT molecular complexity index is 583. The summed E-state index contributed by atoms with van der Waals surface area (Å²) in [7, 11) is -3.56. The smallest absolute Gasteiger partial charge is 0.243 e. The summed E-state index contributed by atoms with van der Waals surface area (Å²) in [4.78, 5) is 0.239. The predicted molar refractivity (Wildman–Crippen MR) is 73.4 cm³/mol. The van der Waals surface area contributed by atoms with E-state index in [1.54, 1.807) is 24.3 Å². The number of rotatable bonds is 2. The van der Waals surface area contributed by atoms with Crippen LogP contribution in [0.5, 0.6) is 0 Å². The average Bonchev–Trinajstić information content (AvgIpc) is 2.39. The summed E-state index contributed by atoms with van der Waals surface area (Å²) in [6.45, 7) is 2.25. The van der Waals surface area contributed by atoms with Crippen molar-refractivity contribution < 1.29 is 13.6 Å². The van der Waals surface area contributed by atoms with Gasteiger partial charge in [0.2, 0.25) is 10.0 Å².